The van der Waals surface area contributed by atoms with Gasteiger partial charge >= 0.3 is 5.97 Å². The molecule has 1 heterocycles. The van der Waals surface area contributed by atoms with Crippen LogP contribution in [0.15, 0.2) is 6.33 Å². The van der Waals surface area contributed by atoms with Crippen LogP contribution in [-0.2, 0) is 11.3 Å². The Labute approximate surface area is 90.8 Å². The van der Waals surface area contributed by atoms with E-state index in [1.807, 2.05) is 0 Å². The minimum Gasteiger partial charge on any atom is -0.481 e. The van der Waals surface area contributed by atoms with Crippen molar-refractivity contribution in [1.29, 1.82) is 10.5 Å². The van der Waals surface area contributed by atoms with E-state index in [0.29, 0.717) is 0 Å². The van der Waals surface area contributed by atoms with Gasteiger partial charge in [-0.15, -0.1) is 0 Å². The van der Waals surface area contributed by atoms with E-state index in [9.17, 15) is 9.90 Å². The highest BCUT2D eigenvalue weighted by atomic mass is 16.4. The van der Waals surface area contributed by atoms with Crippen molar-refractivity contribution in [3.63, 3.8) is 0 Å². The number of nitriles is 2. The van der Waals surface area contributed by atoms with Gasteiger partial charge in [0, 0.05) is 0 Å². The largest absolute Gasteiger partial charge is 0.481 e. The molecule has 2 N–H and O–H groups in total. The topological polar surface area (TPSA) is 123 Å². The molecule has 0 aromatic carbocycles. The highest BCUT2D eigenvalue weighted by molar-refractivity contribution is 5.67. The van der Waals surface area contributed by atoms with Crippen LogP contribution in [0, 0.1) is 22.7 Å². The fourth-order valence-corrected chi connectivity index (χ4v) is 1.21. The molecule has 0 radical (unpaired) electrons. The number of aliphatic hydroxyl groups excluding tert-OH is 1. The minimum atomic E-state index is -1.13. The van der Waals surface area contributed by atoms with E-state index in [1.54, 1.807) is 12.1 Å². The normalized spacial score (nSPS) is 11.4. The zero-order valence-electron chi connectivity index (χ0n) is 8.16. The van der Waals surface area contributed by atoms with Gasteiger partial charge in [-0.05, 0) is 0 Å². The van der Waals surface area contributed by atoms with Crippen molar-refractivity contribution in [2.75, 3.05) is 0 Å². The second-order valence-electron chi connectivity index (χ2n) is 3.07. The third-order valence-corrected chi connectivity index (χ3v) is 1.87. The lowest BCUT2D eigenvalue weighted by Gasteiger charge is -2.08. The Morgan fingerprint density at radius 3 is 2.75 bits per heavy atom. The summed E-state index contributed by atoms with van der Waals surface area (Å²) in [5, 5.41) is 35.2. The van der Waals surface area contributed by atoms with Crippen molar-refractivity contribution in [2.45, 2.75) is 19.1 Å². The molecule has 0 fully saturated rings. The minimum absolute atomic E-state index is 0.0203. The Kier molecular flexibility index (Phi) is 3.59. The van der Waals surface area contributed by atoms with E-state index >= 15 is 0 Å². The van der Waals surface area contributed by atoms with Gasteiger partial charge in [-0.3, -0.25) is 4.79 Å². The second-order valence-corrected chi connectivity index (χ2v) is 3.07. The van der Waals surface area contributed by atoms with Crippen LogP contribution in [-0.4, -0.2) is 31.8 Å². The van der Waals surface area contributed by atoms with Gasteiger partial charge in [-0.2, -0.15) is 10.5 Å². The average molecular weight is 220 g/mol. The number of hydrogen-bond donors (Lipinski definition) is 2. The molecule has 0 aliphatic carbocycles. The van der Waals surface area contributed by atoms with Crippen LogP contribution in [0.1, 0.15) is 17.8 Å². The van der Waals surface area contributed by atoms with E-state index < -0.39 is 18.5 Å². The molecular formula is C9H8N4O3. The predicted molar refractivity (Wildman–Crippen MR) is 49.9 cm³/mol. The summed E-state index contributed by atoms with van der Waals surface area (Å²) in [6.45, 7) is -0.0795. The molecule has 1 unspecified atom stereocenters. The second kappa shape index (κ2) is 4.91. The Bertz CT molecular complexity index is 480. The van der Waals surface area contributed by atoms with Crippen molar-refractivity contribution >= 4 is 5.97 Å². The van der Waals surface area contributed by atoms with Crippen molar-refractivity contribution in [3.8, 4) is 12.1 Å². The molecule has 1 aromatic heterocycles. The number of rotatable bonds is 4. The van der Waals surface area contributed by atoms with Gasteiger partial charge in [0.15, 0.2) is 11.4 Å². The summed E-state index contributed by atoms with van der Waals surface area (Å²) in [6, 6.07) is 3.50. The van der Waals surface area contributed by atoms with Gasteiger partial charge < -0.3 is 14.8 Å². The third-order valence-electron chi connectivity index (χ3n) is 1.87. The molecule has 82 valence electrons. The maximum Gasteiger partial charge on any atom is 0.306 e. The zero-order chi connectivity index (χ0) is 12.1. The number of aliphatic hydroxyl groups is 1. The van der Waals surface area contributed by atoms with Crippen LogP contribution in [0.25, 0.3) is 0 Å². The van der Waals surface area contributed by atoms with E-state index in [0.717, 1.165) is 0 Å². The van der Waals surface area contributed by atoms with Crippen molar-refractivity contribution in [2.24, 2.45) is 0 Å². The first-order valence-electron chi connectivity index (χ1n) is 4.33. The Morgan fingerprint density at radius 2 is 2.25 bits per heavy atom. The first-order valence-corrected chi connectivity index (χ1v) is 4.33. The maximum absolute atomic E-state index is 10.3. The zero-order valence-corrected chi connectivity index (χ0v) is 8.16. The van der Waals surface area contributed by atoms with Crippen LogP contribution < -0.4 is 0 Å². The van der Waals surface area contributed by atoms with Crippen molar-refractivity contribution in [3.05, 3.63) is 17.7 Å². The fraction of sp³-hybridized carbons (Fsp3) is 0.333. The van der Waals surface area contributed by atoms with Gasteiger partial charge in [-0.1, -0.05) is 0 Å². The molecule has 1 atom stereocenters. The molecule has 0 spiro atoms. The number of hydrogen-bond acceptors (Lipinski definition) is 5. The van der Waals surface area contributed by atoms with Gasteiger partial charge in [0.05, 0.1) is 25.4 Å². The first kappa shape index (κ1) is 11.7. The van der Waals surface area contributed by atoms with Crippen LogP contribution in [0.3, 0.4) is 0 Å². The molecule has 7 nitrogen and oxygen atoms in total. The summed E-state index contributed by atoms with van der Waals surface area (Å²) >= 11 is 0. The lowest BCUT2D eigenvalue weighted by Crippen LogP contribution is -2.20. The lowest BCUT2D eigenvalue weighted by molar-refractivity contribution is -0.139. The van der Waals surface area contributed by atoms with Crippen LogP contribution >= 0.6 is 0 Å². The number of carbonyl (C=O) groups is 1. The SMILES string of the molecule is N#Cc1ncn(CC(O)CC(=O)O)c1C#N. The van der Waals surface area contributed by atoms with Gasteiger partial charge in [0.2, 0.25) is 0 Å². The smallest absolute Gasteiger partial charge is 0.306 e. The summed E-state index contributed by atoms with van der Waals surface area (Å²) in [7, 11) is 0. The Morgan fingerprint density at radius 1 is 1.56 bits per heavy atom. The highest BCUT2D eigenvalue weighted by Crippen LogP contribution is 2.07. The molecule has 16 heavy (non-hydrogen) atoms. The molecule has 0 amide bonds. The standard InChI is InChI=1S/C9H8N4O3/c10-2-7-8(3-11)13(5-12-7)4-6(14)1-9(15)16/h5-6,14H,1,4H2,(H,15,16). The Balaban J connectivity index is 2.83. The molecule has 0 aliphatic heterocycles. The molecule has 0 aliphatic rings. The summed E-state index contributed by atoms with van der Waals surface area (Å²) in [6.07, 6.45) is -0.321. The van der Waals surface area contributed by atoms with Crippen molar-refractivity contribution < 1.29 is 15.0 Å². The number of nitrogens with zero attached hydrogens (tertiary/aromatic N) is 4. The number of carboxylic acids is 1. The Hall–Kier alpha value is -2.38. The molecular weight excluding hydrogens is 212 g/mol. The molecule has 0 saturated heterocycles. The highest BCUT2D eigenvalue weighted by Gasteiger charge is 2.15. The summed E-state index contributed by atoms with van der Waals surface area (Å²) < 4.78 is 1.26. The monoisotopic (exact) mass is 220 g/mol. The summed E-state index contributed by atoms with van der Waals surface area (Å²) in [5.41, 5.74) is -0.0167. The van der Waals surface area contributed by atoms with Gasteiger partial charge in [-0.25, -0.2) is 4.98 Å². The number of carboxylic acid groups (broad SMARTS) is 1. The number of aliphatic carboxylic acids is 1. The van der Waals surface area contributed by atoms with Crippen LogP contribution in [0.4, 0.5) is 0 Å². The molecule has 7 heteroatoms. The maximum atomic E-state index is 10.3. The molecule has 1 rings (SSSR count). The van der Waals surface area contributed by atoms with Crippen LogP contribution in [0.5, 0.6) is 0 Å². The van der Waals surface area contributed by atoms with E-state index in [4.69, 9.17) is 15.6 Å². The predicted octanol–water partition coefficient (Wildman–Crippen LogP) is -0.538. The van der Waals surface area contributed by atoms with Gasteiger partial charge in [0.1, 0.15) is 12.1 Å². The molecule has 1 aromatic rings. The average Bonchev–Trinajstić information content (AvgIpc) is 2.58. The fourth-order valence-electron chi connectivity index (χ4n) is 1.21. The van der Waals surface area contributed by atoms with E-state index in [2.05, 4.69) is 4.98 Å². The van der Waals surface area contributed by atoms with Crippen molar-refractivity contribution in [1.82, 2.24) is 9.55 Å². The quantitative estimate of drug-likeness (QED) is 0.702. The van der Waals surface area contributed by atoms with E-state index in [-0.39, 0.29) is 17.9 Å². The summed E-state index contributed by atoms with van der Waals surface area (Å²) in [5.74, 6) is -1.13. The lowest BCUT2D eigenvalue weighted by atomic mass is 10.2. The van der Waals surface area contributed by atoms with Gasteiger partial charge in [0.25, 0.3) is 0 Å². The van der Waals surface area contributed by atoms with Crippen LogP contribution in [0.2, 0.25) is 0 Å². The molecule has 0 saturated carbocycles. The summed E-state index contributed by atoms with van der Waals surface area (Å²) in [4.78, 5) is 14.0. The third kappa shape index (κ3) is 2.56. The molecule has 0 bridgehead atoms. The number of imidazole rings is 1. The number of aromatic nitrogens is 2. The first-order chi connectivity index (χ1) is 7.58. The van der Waals surface area contributed by atoms with E-state index in [1.165, 1.54) is 10.9 Å².